The van der Waals surface area contributed by atoms with E-state index in [4.69, 9.17) is 5.73 Å². The monoisotopic (exact) mass is 231 g/mol. The molecule has 3 nitrogen and oxygen atoms in total. The number of nitrogens with zero attached hydrogens (tertiary/aromatic N) is 1. The Morgan fingerprint density at radius 2 is 2.12 bits per heavy atom. The van der Waals surface area contributed by atoms with Crippen LogP contribution in [0.1, 0.15) is 25.3 Å². The average Bonchev–Trinajstić information content (AvgIpc) is 2.65. The van der Waals surface area contributed by atoms with Gasteiger partial charge in [-0.1, -0.05) is 37.3 Å². The number of nitrogens with one attached hydrogen (secondary N) is 1. The van der Waals surface area contributed by atoms with Crippen LogP contribution >= 0.6 is 0 Å². The Labute approximate surface area is 103 Å². The predicted molar refractivity (Wildman–Crippen MR) is 72.0 cm³/mol. The molecule has 0 aliphatic carbocycles. The van der Waals surface area contributed by atoms with Crippen LogP contribution in [-0.2, 0) is 6.54 Å². The molecular weight excluding hydrogens is 210 g/mol. The van der Waals surface area contributed by atoms with Gasteiger partial charge in [-0.2, -0.15) is 0 Å². The molecule has 1 aliphatic heterocycles. The largest absolute Gasteiger partial charge is 0.387 e. The zero-order chi connectivity index (χ0) is 12.1. The molecule has 2 atom stereocenters. The molecule has 0 bridgehead atoms. The first-order chi connectivity index (χ1) is 8.25. The Balaban J connectivity index is 1.67. The first-order valence-electron chi connectivity index (χ1n) is 6.32. The van der Waals surface area contributed by atoms with Crippen LogP contribution in [0.2, 0.25) is 0 Å². The fourth-order valence-corrected chi connectivity index (χ4v) is 2.29. The fourth-order valence-electron chi connectivity index (χ4n) is 2.29. The molecule has 0 aromatic heterocycles. The van der Waals surface area contributed by atoms with E-state index < -0.39 is 0 Å². The van der Waals surface area contributed by atoms with Crippen LogP contribution in [0.3, 0.4) is 0 Å². The first kappa shape index (κ1) is 12.1. The number of hydrogen-bond acceptors (Lipinski definition) is 3. The lowest BCUT2D eigenvalue weighted by molar-refractivity contribution is 0.460. The van der Waals surface area contributed by atoms with E-state index in [1.165, 1.54) is 5.56 Å². The van der Waals surface area contributed by atoms with E-state index in [9.17, 15) is 0 Å². The predicted octanol–water partition coefficient (Wildman–Crippen LogP) is 1.93. The summed E-state index contributed by atoms with van der Waals surface area (Å²) in [4.78, 5) is 4.47. The molecule has 0 amide bonds. The van der Waals surface area contributed by atoms with E-state index in [1.807, 2.05) is 6.07 Å². The van der Waals surface area contributed by atoms with E-state index >= 15 is 0 Å². The molecule has 0 radical (unpaired) electrons. The molecule has 1 aromatic carbocycles. The molecule has 3 heteroatoms. The van der Waals surface area contributed by atoms with Gasteiger partial charge >= 0.3 is 0 Å². The summed E-state index contributed by atoms with van der Waals surface area (Å²) in [5.41, 5.74) is 7.07. The molecule has 1 aromatic rings. The second-order valence-corrected chi connectivity index (χ2v) is 4.82. The third kappa shape index (κ3) is 3.56. The highest BCUT2D eigenvalue weighted by molar-refractivity contribution is 5.82. The van der Waals surface area contributed by atoms with Crippen molar-refractivity contribution in [2.24, 2.45) is 16.6 Å². The number of benzene rings is 1. The summed E-state index contributed by atoms with van der Waals surface area (Å²) < 4.78 is 0. The number of nitrogens with two attached hydrogens (primary N) is 1. The van der Waals surface area contributed by atoms with Gasteiger partial charge in [0, 0.05) is 13.0 Å². The van der Waals surface area contributed by atoms with E-state index in [1.54, 1.807) is 0 Å². The summed E-state index contributed by atoms with van der Waals surface area (Å²) in [6, 6.07) is 10.9. The normalized spacial score (nSPS) is 23.7. The van der Waals surface area contributed by atoms with Gasteiger partial charge in [0.05, 0.1) is 11.9 Å². The summed E-state index contributed by atoms with van der Waals surface area (Å²) in [5, 5.41) is 3.45. The molecule has 1 aliphatic rings. The standard InChI is InChI=1S/C14H21N3/c1-11-9-14(15)17-13(11)7-8-16-10-12-5-3-2-4-6-12/h2-6,11,13,16H,7-10H2,1H3,(H2,15,17)/t11-,13+/m1/s1. The highest BCUT2D eigenvalue weighted by atomic mass is 14.9. The zero-order valence-corrected chi connectivity index (χ0v) is 10.4. The number of aliphatic imine (C=N–C) groups is 1. The van der Waals surface area contributed by atoms with Crippen LogP contribution in [-0.4, -0.2) is 18.4 Å². The molecule has 0 fully saturated rings. The van der Waals surface area contributed by atoms with E-state index in [2.05, 4.69) is 41.5 Å². The Morgan fingerprint density at radius 1 is 1.35 bits per heavy atom. The van der Waals surface area contributed by atoms with Crippen molar-refractivity contribution in [2.75, 3.05) is 6.54 Å². The minimum atomic E-state index is 0.415. The lowest BCUT2D eigenvalue weighted by atomic mass is 9.99. The highest BCUT2D eigenvalue weighted by Gasteiger charge is 2.23. The van der Waals surface area contributed by atoms with Crippen molar-refractivity contribution in [1.82, 2.24) is 5.32 Å². The zero-order valence-electron chi connectivity index (χ0n) is 10.4. The third-order valence-corrected chi connectivity index (χ3v) is 3.31. The topological polar surface area (TPSA) is 50.4 Å². The second-order valence-electron chi connectivity index (χ2n) is 4.82. The summed E-state index contributed by atoms with van der Waals surface area (Å²) in [5.74, 6) is 1.43. The van der Waals surface area contributed by atoms with E-state index in [-0.39, 0.29) is 0 Å². The molecule has 0 saturated carbocycles. The summed E-state index contributed by atoms with van der Waals surface area (Å²) in [6.45, 7) is 4.16. The van der Waals surface area contributed by atoms with Crippen molar-refractivity contribution in [3.8, 4) is 0 Å². The summed E-state index contributed by atoms with van der Waals surface area (Å²) >= 11 is 0. The first-order valence-corrected chi connectivity index (χ1v) is 6.32. The van der Waals surface area contributed by atoms with Gasteiger partial charge in [0.2, 0.25) is 0 Å². The molecule has 92 valence electrons. The second kappa shape index (κ2) is 5.82. The van der Waals surface area contributed by atoms with Gasteiger partial charge in [-0.15, -0.1) is 0 Å². The Kier molecular flexibility index (Phi) is 4.15. The van der Waals surface area contributed by atoms with Crippen molar-refractivity contribution in [1.29, 1.82) is 0 Å². The van der Waals surface area contributed by atoms with Gasteiger partial charge in [-0.05, 0) is 24.4 Å². The van der Waals surface area contributed by atoms with Crippen molar-refractivity contribution >= 4 is 5.84 Å². The van der Waals surface area contributed by atoms with Crippen molar-refractivity contribution < 1.29 is 0 Å². The van der Waals surface area contributed by atoms with Crippen LogP contribution in [0.5, 0.6) is 0 Å². The summed E-state index contributed by atoms with van der Waals surface area (Å²) in [7, 11) is 0. The van der Waals surface area contributed by atoms with Crippen molar-refractivity contribution in [2.45, 2.75) is 32.4 Å². The van der Waals surface area contributed by atoms with Crippen molar-refractivity contribution in [3.63, 3.8) is 0 Å². The molecular formula is C14H21N3. The molecule has 0 spiro atoms. The summed E-state index contributed by atoms with van der Waals surface area (Å²) in [6.07, 6.45) is 2.04. The minimum absolute atomic E-state index is 0.415. The van der Waals surface area contributed by atoms with Gasteiger partial charge in [0.15, 0.2) is 0 Å². The third-order valence-electron chi connectivity index (χ3n) is 3.31. The van der Waals surface area contributed by atoms with Gasteiger partial charge < -0.3 is 11.1 Å². The number of amidine groups is 1. The SMILES string of the molecule is C[C@@H]1CC(N)=N[C@H]1CCNCc1ccccc1. The van der Waals surface area contributed by atoms with Crippen LogP contribution in [0, 0.1) is 5.92 Å². The molecule has 17 heavy (non-hydrogen) atoms. The average molecular weight is 231 g/mol. The van der Waals surface area contributed by atoms with E-state index in [0.29, 0.717) is 12.0 Å². The lowest BCUT2D eigenvalue weighted by Gasteiger charge is -2.13. The van der Waals surface area contributed by atoms with Crippen LogP contribution in [0.15, 0.2) is 35.3 Å². The highest BCUT2D eigenvalue weighted by Crippen LogP contribution is 2.21. The van der Waals surface area contributed by atoms with Crippen LogP contribution in [0.4, 0.5) is 0 Å². The molecule has 0 saturated heterocycles. The smallest absolute Gasteiger partial charge is 0.0944 e. The van der Waals surface area contributed by atoms with Gasteiger partial charge in [-0.25, -0.2) is 0 Å². The minimum Gasteiger partial charge on any atom is -0.387 e. The maximum Gasteiger partial charge on any atom is 0.0944 e. The molecule has 1 heterocycles. The maximum absolute atomic E-state index is 5.74. The fraction of sp³-hybridized carbons (Fsp3) is 0.500. The van der Waals surface area contributed by atoms with Crippen LogP contribution in [0.25, 0.3) is 0 Å². The van der Waals surface area contributed by atoms with Crippen LogP contribution < -0.4 is 11.1 Å². The Morgan fingerprint density at radius 3 is 2.76 bits per heavy atom. The number of hydrogen-bond donors (Lipinski definition) is 2. The maximum atomic E-state index is 5.74. The van der Waals surface area contributed by atoms with Gasteiger partial charge in [-0.3, -0.25) is 4.99 Å². The Hall–Kier alpha value is -1.35. The van der Waals surface area contributed by atoms with Crippen molar-refractivity contribution in [3.05, 3.63) is 35.9 Å². The molecule has 0 unspecified atom stereocenters. The lowest BCUT2D eigenvalue weighted by Crippen LogP contribution is -2.21. The Bertz CT molecular complexity index is 372. The van der Waals surface area contributed by atoms with Gasteiger partial charge in [0.1, 0.15) is 0 Å². The van der Waals surface area contributed by atoms with E-state index in [0.717, 1.165) is 31.8 Å². The molecule has 2 rings (SSSR count). The number of rotatable bonds is 5. The molecule has 3 N–H and O–H groups in total. The quantitative estimate of drug-likeness (QED) is 0.761. The van der Waals surface area contributed by atoms with Gasteiger partial charge in [0.25, 0.3) is 0 Å².